The number of rotatable bonds is 9. The van der Waals surface area contributed by atoms with Crippen LogP contribution in [0.3, 0.4) is 0 Å². The lowest BCUT2D eigenvalue weighted by Gasteiger charge is -2.14. The third-order valence-corrected chi connectivity index (χ3v) is 3.61. The second-order valence-electron chi connectivity index (χ2n) is 3.77. The van der Waals surface area contributed by atoms with Gasteiger partial charge in [-0.2, -0.15) is 11.8 Å². The third kappa shape index (κ3) is 14.0. The van der Waals surface area contributed by atoms with E-state index in [2.05, 4.69) is 10.6 Å². The van der Waals surface area contributed by atoms with Crippen molar-refractivity contribution in [3.05, 3.63) is 0 Å². The van der Waals surface area contributed by atoms with Crippen LogP contribution in [-0.4, -0.2) is 49.3 Å². The van der Waals surface area contributed by atoms with Crippen molar-refractivity contribution in [3.8, 4) is 0 Å². The summed E-state index contributed by atoms with van der Waals surface area (Å²) in [4.78, 5) is 22.3. The molecule has 2 unspecified atom stereocenters. The van der Waals surface area contributed by atoms with Crippen LogP contribution in [0.4, 0.5) is 0 Å². The predicted octanol–water partition coefficient (Wildman–Crippen LogP) is 2.52. The molecule has 0 aromatic carbocycles. The van der Waals surface area contributed by atoms with Crippen molar-refractivity contribution in [2.45, 2.75) is 60.0 Å². The number of carbonyl (C=O) groups is 2. The maximum atomic E-state index is 11.1. The molecule has 4 nitrogen and oxygen atoms in total. The molecule has 0 aliphatic rings. The van der Waals surface area contributed by atoms with Crippen LogP contribution >= 0.6 is 11.8 Å². The van der Waals surface area contributed by atoms with Gasteiger partial charge in [0.15, 0.2) is 0 Å². The molecule has 0 aliphatic carbocycles. The van der Waals surface area contributed by atoms with E-state index >= 15 is 0 Å². The van der Waals surface area contributed by atoms with Crippen LogP contribution in [0, 0.1) is 0 Å². The van der Waals surface area contributed by atoms with E-state index < -0.39 is 0 Å². The largest absolute Gasteiger partial charge is 0.311 e. The van der Waals surface area contributed by atoms with Gasteiger partial charge in [-0.25, -0.2) is 0 Å². The summed E-state index contributed by atoms with van der Waals surface area (Å²) in [5.74, 6) is 1.98. The molecule has 2 atom stereocenters. The van der Waals surface area contributed by atoms with Gasteiger partial charge in [-0.15, -0.1) is 0 Å². The number of likely N-dealkylation sites (N-methyl/N-ethyl adjacent to an activating group) is 2. The van der Waals surface area contributed by atoms with Crippen LogP contribution in [0.15, 0.2) is 0 Å². The summed E-state index contributed by atoms with van der Waals surface area (Å²) in [5.41, 5.74) is 0. The van der Waals surface area contributed by atoms with E-state index in [4.69, 9.17) is 0 Å². The minimum absolute atomic E-state index is 0.0575. The molecule has 0 aromatic rings. The standard InChI is InChI=1S/C11H22N2O2S.2C2H6/c1-8(14)10(12-3)5-6-16-7-11(13-4)9(2)15;2*1-2/h10-13H,5-7H2,1-4H3;2*1-2H3. The van der Waals surface area contributed by atoms with E-state index in [9.17, 15) is 9.59 Å². The Kier molecular flexibility index (Phi) is 22.9. The molecule has 122 valence electrons. The van der Waals surface area contributed by atoms with Gasteiger partial charge in [-0.05, 0) is 40.1 Å². The van der Waals surface area contributed by atoms with Crippen LogP contribution in [0.5, 0.6) is 0 Å². The number of ketones is 2. The van der Waals surface area contributed by atoms with Crippen LogP contribution in [0.2, 0.25) is 0 Å². The summed E-state index contributed by atoms with van der Waals surface area (Å²) >= 11 is 1.70. The van der Waals surface area contributed by atoms with Crippen LogP contribution in [0.1, 0.15) is 48.0 Å². The molecule has 5 heteroatoms. The normalized spacial score (nSPS) is 12.2. The topological polar surface area (TPSA) is 58.2 Å². The Morgan fingerprint density at radius 3 is 1.60 bits per heavy atom. The Bertz CT molecular complexity index is 212. The molecule has 0 spiro atoms. The molecule has 0 aromatic heterocycles. The van der Waals surface area contributed by atoms with Gasteiger partial charge in [0, 0.05) is 5.75 Å². The van der Waals surface area contributed by atoms with Crippen molar-refractivity contribution >= 4 is 23.3 Å². The first-order chi connectivity index (χ1) is 9.52. The lowest BCUT2D eigenvalue weighted by Crippen LogP contribution is -2.35. The van der Waals surface area contributed by atoms with E-state index in [0.29, 0.717) is 0 Å². The van der Waals surface area contributed by atoms with Crippen molar-refractivity contribution in [2.24, 2.45) is 0 Å². The van der Waals surface area contributed by atoms with E-state index in [-0.39, 0.29) is 23.7 Å². The van der Waals surface area contributed by atoms with Gasteiger partial charge in [0.05, 0.1) is 12.1 Å². The third-order valence-electron chi connectivity index (χ3n) is 2.51. The molecule has 0 bridgehead atoms. The first-order valence-corrected chi connectivity index (χ1v) is 8.61. The lowest BCUT2D eigenvalue weighted by molar-refractivity contribution is -0.119. The fourth-order valence-corrected chi connectivity index (χ4v) is 2.56. The average Bonchev–Trinajstić information content (AvgIpc) is 2.46. The van der Waals surface area contributed by atoms with Gasteiger partial charge in [0.25, 0.3) is 0 Å². The highest BCUT2D eigenvalue weighted by Crippen LogP contribution is 2.08. The zero-order valence-electron chi connectivity index (χ0n) is 14.5. The lowest BCUT2D eigenvalue weighted by atomic mass is 10.1. The molecular formula is C15H34N2O2S. The SMILES string of the molecule is CC.CC.CNC(CCSCC(NC)C(C)=O)C(C)=O. The summed E-state index contributed by atoms with van der Waals surface area (Å²) in [6.07, 6.45) is 0.810. The van der Waals surface area contributed by atoms with Gasteiger partial charge < -0.3 is 10.6 Å². The van der Waals surface area contributed by atoms with Crippen molar-refractivity contribution in [3.63, 3.8) is 0 Å². The second kappa shape index (κ2) is 18.6. The summed E-state index contributed by atoms with van der Waals surface area (Å²) < 4.78 is 0. The number of hydrogen-bond donors (Lipinski definition) is 2. The van der Waals surface area contributed by atoms with Crippen molar-refractivity contribution < 1.29 is 9.59 Å². The minimum Gasteiger partial charge on any atom is -0.311 e. The summed E-state index contributed by atoms with van der Waals surface area (Å²) in [6, 6.07) is -0.131. The summed E-state index contributed by atoms with van der Waals surface area (Å²) in [6.45, 7) is 11.2. The number of Topliss-reactive ketones (excluding diaryl/α,β-unsaturated/α-hetero) is 2. The predicted molar refractivity (Wildman–Crippen MR) is 91.7 cm³/mol. The summed E-state index contributed by atoms with van der Waals surface area (Å²) in [7, 11) is 3.58. The maximum Gasteiger partial charge on any atom is 0.147 e. The molecule has 0 rings (SSSR count). The number of carbonyl (C=O) groups excluding carboxylic acids is 2. The Hall–Kier alpha value is -0.390. The first-order valence-electron chi connectivity index (χ1n) is 7.46. The zero-order valence-corrected chi connectivity index (χ0v) is 15.3. The van der Waals surface area contributed by atoms with Gasteiger partial charge in [-0.3, -0.25) is 9.59 Å². The van der Waals surface area contributed by atoms with Crippen LogP contribution in [0.25, 0.3) is 0 Å². The zero-order chi connectivity index (χ0) is 16.6. The Morgan fingerprint density at radius 1 is 0.900 bits per heavy atom. The van der Waals surface area contributed by atoms with Gasteiger partial charge >= 0.3 is 0 Å². The molecule has 0 amide bonds. The van der Waals surface area contributed by atoms with Crippen molar-refractivity contribution in [2.75, 3.05) is 25.6 Å². The Labute approximate surface area is 129 Å². The molecule has 0 saturated heterocycles. The second-order valence-corrected chi connectivity index (χ2v) is 4.92. The fourth-order valence-electron chi connectivity index (χ4n) is 1.36. The van der Waals surface area contributed by atoms with Crippen LogP contribution in [-0.2, 0) is 9.59 Å². The average molecular weight is 307 g/mol. The Morgan fingerprint density at radius 2 is 1.30 bits per heavy atom. The molecule has 0 aliphatic heterocycles. The highest BCUT2D eigenvalue weighted by molar-refractivity contribution is 7.99. The van der Waals surface area contributed by atoms with E-state index in [1.165, 1.54) is 0 Å². The van der Waals surface area contributed by atoms with Gasteiger partial charge in [-0.1, -0.05) is 27.7 Å². The molecule has 0 radical (unpaired) electrons. The van der Waals surface area contributed by atoms with Crippen LogP contribution < -0.4 is 10.6 Å². The van der Waals surface area contributed by atoms with Gasteiger partial charge in [0.2, 0.25) is 0 Å². The monoisotopic (exact) mass is 306 g/mol. The maximum absolute atomic E-state index is 11.1. The molecule has 2 N–H and O–H groups in total. The van der Waals surface area contributed by atoms with E-state index in [0.717, 1.165) is 17.9 Å². The smallest absolute Gasteiger partial charge is 0.147 e. The molecule has 20 heavy (non-hydrogen) atoms. The molecule has 0 saturated carbocycles. The summed E-state index contributed by atoms with van der Waals surface area (Å²) in [5, 5.41) is 5.95. The van der Waals surface area contributed by atoms with Crippen molar-refractivity contribution in [1.82, 2.24) is 10.6 Å². The number of hydrogen-bond acceptors (Lipinski definition) is 5. The highest BCUT2D eigenvalue weighted by atomic mass is 32.2. The molecule has 0 fully saturated rings. The fraction of sp³-hybridized carbons (Fsp3) is 0.867. The minimum atomic E-state index is -0.0737. The Balaban J connectivity index is -0.000000656. The molecule has 0 heterocycles. The van der Waals surface area contributed by atoms with E-state index in [1.54, 1.807) is 39.7 Å². The number of nitrogens with one attached hydrogen (secondary N) is 2. The van der Waals surface area contributed by atoms with Crippen molar-refractivity contribution in [1.29, 1.82) is 0 Å². The quantitative estimate of drug-likeness (QED) is 0.641. The first kappa shape index (κ1) is 24.6. The van der Waals surface area contributed by atoms with Gasteiger partial charge in [0.1, 0.15) is 11.6 Å². The van der Waals surface area contributed by atoms with E-state index in [1.807, 2.05) is 27.7 Å². The highest BCUT2D eigenvalue weighted by Gasteiger charge is 2.13. The number of thioether (sulfide) groups is 1. The molecular weight excluding hydrogens is 272 g/mol.